The van der Waals surface area contributed by atoms with Crippen molar-refractivity contribution in [2.45, 2.75) is 6.42 Å². The van der Waals surface area contributed by atoms with Crippen molar-refractivity contribution in [2.24, 2.45) is 5.73 Å². The highest BCUT2D eigenvalue weighted by atomic mass is 16.5. The Balaban J connectivity index is 2.34. The van der Waals surface area contributed by atoms with E-state index in [4.69, 9.17) is 10.5 Å². The Morgan fingerprint density at radius 2 is 2.25 bits per heavy atom. The number of fused-ring (bicyclic) bond motifs is 1. The minimum absolute atomic E-state index is 0.0969. The molecule has 1 amide bonds. The number of hydrogen-bond acceptors (Lipinski definition) is 4. The number of hydrogen-bond donors (Lipinski definition) is 3. The molecule has 6 heteroatoms. The van der Waals surface area contributed by atoms with E-state index in [0.29, 0.717) is 36.2 Å². The molecule has 0 aliphatic carbocycles. The summed E-state index contributed by atoms with van der Waals surface area (Å²) in [5.74, 6) is 0.255. The van der Waals surface area contributed by atoms with Gasteiger partial charge in [-0.15, -0.1) is 0 Å². The zero-order valence-corrected chi connectivity index (χ0v) is 11.2. The standard InChI is InChI=1S/C14H17N3O3/c1-20-9-3-4-10-12(7-9)17-8-11(13(10)18)14(19)16-6-2-5-15/h3-4,7-8H,2,5-6,15H2,1H3,(H,16,19)(H,17,18). The number of ether oxygens (including phenoxy) is 1. The number of carbonyl (C=O) groups excluding carboxylic acids is 1. The van der Waals surface area contributed by atoms with Gasteiger partial charge >= 0.3 is 0 Å². The third kappa shape index (κ3) is 2.80. The first-order chi connectivity index (χ1) is 9.67. The molecule has 0 radical (unpaired) electrons. The first-order valence-corrected chi connectivity index (χ1v) is 6.35. The number of benzene rings is 1. The van der Waals surface area contributed by atoms with Crippen LogP contribution in [0.2, 0.25) is 0 Å². The number of carbonyl (C=O) groups is 1. The summed E-state index contributed by atoms with van der Waals surface area (Å²) >= 11 is 0. The van der Waals surface area contributed by atoms with E-state index in [0.717, 1.165) is 0 Å². The van der Waals surface area contributed by atoms with Crippen LogP contribution in [-0.4, -0.2) is 31.1 Å². The summed E-state index contributed by atoms with van der Waals surface area (Å²) in [4.78, 5) is 27.1. The number of aromatic nitrogens is 1. The number of pyridine rings is 1. The van der Waals surface area contributed by atoms with Crippen LogP contribution in [0.4, 0.5) is 0 Å². The maximum atomic E-state index is 12.3. The van der Waals surface area contributed by atoms with Crippen molar-refractivity contribution in [2.75, 3.05) is 20.2 Å². The number of methoxy groups -OCH3 is 1. The lowest BCUT2D eigenvalue weighted by molar-refractivity contribution is 0.0952. The second-order valence-corrected chi connectivity index (χ2v) is 4.34. The van der Waals surface area contributed by atoms with Crippen LogP contribution in [0.25, 0.3) is 10.9 Å². The molecule has 0 unspecified atom stereocenters. The normalized spacial score (nSPS) is 10.5. The van der Waals surface area contributed by atoms with Crippen LogP contribution >= 0.6 is 0 Å². The van der Waals surface area contributed by atoms with Gasteiger partial charge in [0.2, 0.25) is 5.43 Å². The van der Waals surface area contributed by atoms with E-state index < -0.39 is 5.91 Å². The molecule has 2 rings (SSSR count). The van der Waals surface area contributed by atoms with E-state index >= 15 is 0 Å². The van der Waals surface area contributed by atoms with Gasteiger partial charge in [-0.3, -0.25) is 9.59 Å². The molecule has 1 aromatic carbocycles. The molecule has 0 bridgehead atoms. The summed E-state index contributed by atoms with van der Waals surface area (Å²) in [5, 5.41) is 3.12. The van der Waals surface area contributed by atoms with Gasteiger partial charge in [-0.2, -0.15) is 0 Å². The van der Waals surface area contributed by atoms with Gasteiger partial charge in [0.05, 0.1) is 12.6 Å². The second-order valence-electron chi connectivity index (χ2n) is 4.34. The SMILES string of the molecule is COc1ccc2c(=O)c(C(=O)NCCCN)c[nH]c2c1. The molecule has 0 saturated heterocycles. The molecule has 1 aromatic heterocycles. The van der Waals surface area contributed by atoms with Crippen LogP contribution in [0.15, 0.2) is 29.2 Å². The van der Waals surface area contributed by atoms with Crippen molar-refractivity contribution in [1.29, 1.82) is 0 Å². The molecule has 20 heavy (non-hydrogen) atoms. The average molecular weight is 275 g/mol. The van der Waals surface area contributed by atoms with Gasteiger partial charge in [-0.05, 0) is 25.1 Å². The first kappa shape index (κ1) is 14.1. The molecule has 4 N–H and O–H groups in total. The van der Waals surface area contributed by atoms with Crippen molar-refractivity contribution in [3.8, 4) is 5.75 Å². The molecule has 2 aromatic rings. The highest BCUT2D eigenvalue weighted by Gasteiger charge is 2.12. The Hall–Kier alpha value is -2.34. The lowest BCUT2D eigenvalue weighted by Gasteiger charge is -2.06. The van der Waals surface area contributed by atoms with Gasteiger partial charge in [0, 0.05) is 24.2 Å². The predicted octanol–water partition coefficient (Wildman–Crippen LogP) is 0.615. The maximum absolute atomic E-state index is 12.3. The highest BCUT2D eigenvalue weighted by molar-refractivity contribution is 5.97. The largest absolute Gasteiger partial charge is 0.497 e. The van der Waals surface area contributed by atoms with Crippen LogP contribution < -0.4 is 21.2 Å². The Bertz CT molecular complexity index is 679. The Morgan fingerprint density at radius 3 is 2.95 bits per heavy atom. The molecular formula is C14H17N3O3. The van der Waals surface area contributed by atoms with E-state index in [2.05, 4.69) is 10.3 Å². The summed E-state index contributed by atoms with van der Waals surface area (Å²) in [6.45, 7) is 0.948. The summed E-state index contributed by atoms with van der Waals surface area (Å²) in [6, 6.07) is 5.05. The number of H-pyrrole nitrogens is 1. The molecule has 0 fully saturated rings. The van der Waals surface area contributed by atoms with Gasteiger partial charge < -0.3 is 20.8 Å². The Labute approximate surface area is 115 Å². The average Bonchev–Trinajstić information content (AvgIpc) is 2.47. The van der Waals surface area contributed by atoms with Crippen LogP contribution in [0, 0.1) is 0 Å². The van der Waals surface area contributed by atoms with Crippen molar-refractivity contribution < 1.29 is 9.53 Å². The zero-order chi connectivity index (χ0) is 14.5. The summed E-state index contributed by atoms with van der Waals surface area (Å²) < 4.78 is 5.09. The van der Waals surface area contributed by atoms with Crippen LogP contribution in [0.3, 0.4) is 0 Å². The van der Waals surface area contributed by atoms with E-state index in [1.165, 1.54) is 6.20 Å². The smallest absolute Gasteiger partial charge is 0.256 e. The first-order valence-electron chi connectivity index (χ1n) is 6.35. The maximum Gasteiger partial charge on any atom is 0.256 e. The fourth-order valence-electron chi connectivity index (χ4n) is 1.90. The predicted molar refractivity (Wildman–Crippen MR) is 77.1 cm³/mol. The molecule has 1 heterocycles. The van der Waals surface area contributed by atoms with Crippen molar-refractivity contribution in [3.05, 3.63) is 40.2 Å². The molecule has 6 nitrogen and oxygen atoms in total. The summed E-state index contributed by atoms with van der Waals surface area (Å²) in [5.41, 5.74) is 5.78. The third-order valence-corrected chi connectivity index (χ3v) is 3.00. The van der Waals surface area contributed by atoms with E-state index in [9.17, 15) is 9.59 Å². The third-order valence-electron chi connectivity index (χ3n) is 3.00. The van der Waals surface area contributed by atoms with Crippen molar-refractivity contribution >= 4 is 16.8 Å². The fourth-order valence-corrected chi connectivity index (χ4v) is 1.90. The minimum Gasteiger partial charge on any atom is -0.497 e. The monoisotopic (exact) mass is 275 g/mol. The number of amides is 1. The van der Waals surface area contributed by atoms with E-state index in [1.807, 2.05) is 0 Å². The minimum atomic E-state index is -0.391. The van der Waals surface area contributed by atoms with Crippen LogP contribution in [0.1, 0.15) is 16.8 Å². The molecule has 0 atom stereocenters. The molecule has 0 spiro atoms. The molecule has 106 valence electrons. The van der Waals surface area contributed by atoms with Crippen molar-refractivity contribution in [3.63, 3.8) is 0 Å². The number of nitrogens with one attached hydrogen (secondary N) is 2. The lowest BCUT2D eigenvalue weighted by atomic mass is 10.1. The fraction of sp³-hybridized carbons (Fsp3) is 0.286. The van der Waals surface area contributed by atoms with Crippen molar-refractivity contribution in [1.82, 2.24) is 10.3 Å². The molecular weight excluding hydrogens is 258 g/mol. The summed E-state index contributed by atoms with van der Waals surface area (Å²) in [7, 11) is 1.55. The topological polar surface area (TPSA) is 97.2 Å². The summed E-state index contributed by atoms with van der Waals surface area (Å²) in [6.07, 6.45) is 2.09. The highest BCUT2D eigenvalue weighted by Crippen LogP contribution is 2.16. The molecule has 0 aliphatic heterocycles. The van der Waals surface area contributed by atoms with Gasteiger partial charge in [-0.25, -0.2) is 0 Å². The Kier molecular flexibility index (Phi) is 4.37. The molecule has 0 aliphatic rings. The van der Waals surface area contributed by atoms with Crippen LogP contribution in [-0.2, 0) is 0 Å². The molecule has 0 saturated carbocycles. The number of rotatable bonds is 5. The lowest BCUT2D eigenvalue weighted by Crippen LogP contribution is -2.30. The number of nitrogens with two attached hydrogens (primary N) is 1. The van der Waals surface area contributed by atoms with Gasteiger partial charge in [0.1, 0.15) is 11.3 Å². The van der Waals surface area contributed by atoms with Gasteiger partial charge in [0.15, 0.2) is 0 Å². The van der Waals surface area contributed by atoms with Gasteiger partial charge in [-0.1, -0.05) is 0 Å². The van der Waals surface area contributed by atoms with E-state index in [-0.39, 0.29) is 11.0 Å². The van der Waals surface area contributed by atoms with E-state index in [1.54, 1.807) is 25.3 Å². The van der Waals surface area contributed by atoms with Crippen LogP contribution in [0.5, 0.6) is 5.75 Å². The zero-order valence-electron chi connectivity index (χ0n) is 11.2. The quantitative estimate of drug-likeness (QED) is 0.697. The Morgan fingerprint density at radius 1 is 1.45 bits per heavy atom. The van der Waals surface area contributed by atoms with Gasteiger partial charge in [0.25, 0.3) is 5.91 Å². The second kappa shape index (κ2) is 6.21. The number of aromatic amines is 1.